The molecule has 1 saturated heterocycles. The summed E-state index contributed by atoms with van der Waals surface area (Å²) in [5, 5.41) is 3.09. The molecule has 6 heteroatoms. The molecule has 0 radical (unpaired) electrons. The van der Waals surface area contributed by atoms with Crippen molar-refractivity contribution < 1.29 is 13.2 Å². The van der Waals surface area contributed by atoms with E-state index in [2.05, 4.69) is 5.32 Å². The number of carbonyl (C=O) groups is 1. The first kappa shape index (κ1) is 26.6. The maximum absolute atomic E-state index is 13.2. The van der Waals surface area contributed by atoms with E-state index in [-0.39, 0.29) is 32.7 Å². The lowest BCUT2D eigenvalue weighted by molar-refractivity contribution is -0.125. The smallest absolute Gasteiger partial charge is 0.243 e. The number of piperidine rings is 1. The van der Waals surface area contributed by atoms with E-state index in [1.807, 2.05) is 19.1 Å². The lowest BCUT2D eigenvalue weighted by atomic mass is 9.90. The largest absolute Gasteiger partial charge is 0.354 e. The summed E-state index contributed by atoms with van der Waals surface area (Å²) >= 11 is 0. The SMILES string of the molecule is C.C.Cc1ccc(S(=O)(=O)N2CCCCC2CNC(=O)C2CCCCCCC2)cc1. The highest BCUT2D eigenvalue weighted by Gasteiger charge is 2.34. The topological polar surface area (TPSA) is 66.5 Å². The van der Waals surface area contributed by atoms with Gasteiger partial charge in [0, 0.05) is 25.0 Å². The minimum absolute atomic E-state index is 0. The Morgan fingerprint density at radius 2 is 1.50 bits per heavy atom. The summed E-state index contributed by atoms with van der Waals surface area (Å²) in [6.07, 6.45) is 10.6. The number of nitrogens with zero attached hydrogens (tertiary/aromatic N) is 1. The monoisotopic (exact) mass is 438 g/mol. The highest BCUT2D eigenvalue weighted by Crippen LogP contribution is 2.26. The summed E-state index contributed by atoms with van der Waals surface area (Å²) in [5.41, 5.74) is 1.04. The molecule has 0 aromatic heterocycles. The summed E-state index contributed by atoms with van der Waals surface area (Å²) < 4.78 is 27.9. The van der Waals surface area contributed by atoms with Gasteiger partial charge in [0.2, 0.25) is 15.9 Å². The standard InChI is InChI=1S/C22H34N2O3S.2CH4/c1-18-12-14-21(15-13-18)28(26,27)24-16-8-7-11-20(24)17-23-22(25)19-9-5-3-2-4-6-10-19;;/h12-15,19-20H,2-11,16-17H2,1H3,(H,23,25);2*1H4. The van der Waals surface area contributed by atoms with Gasteiger partial charge in [0.15, 0.2) is 0 Å². The first-order valence-corrected chi connectivity index (χ1v) is 12.3. The minimum Gasteiger partial charge on any atom is -0.354 e. The highest BCUT2D eigenvalue weighted by atomic mass is 32.2. The van der Waals surface area contributed by atoms with Gasteiger partial charge in [-0.1, -0.05) is 71.1 Å². The van der Waals surface area contributed by atoms with Crippen LogP contribution in [-0.4, -0.2) is 37.8 Å². The Balaban J connectivity index is 0.00000225. The predicted octanol–water partition coefficient (Wildman–Crippen LogP) is 5.29. The molecule has 1 aliphatic carbocycles. The molecule has 1 aliphatic heterocycles. The van der Waals surface area contributed by atoms with Gasteiger partial charge in [-0.05, 0) is 44.7 Å². The number of rotatable bonds is 5. The van der Waals surface area contributed by atoms with E-state index in [9.17, 15) is 13.2 Å². The van der Waals surface area contributed by atoms with Crippen LogP contribution in [0, 0.1) is 12.8 Å². The van der Waals surface area contributed by atoms with Crippen LogP contribution < -0.4 is 5.32 Å². The van der Waals surface area contributed by atoms with E-state index in [0.29, 0.717) is 18.0 Å². The molecule has 2 fully saturated rings. The van der Waals surface area contributed by atoms with E-state index in [0.717, 1.165) is 50.5 Å². The Morgan fingerprint density at radius 3 is 2.13 bits per heavy atom. The molecular weight excluding hydrogens is 396 g/mol. The third-order valence-electron chi connectivity index (χ3n) is 6.19. The maximum Gasteiger partial charge on any atom is 0.243 e. The molecule has 5 nitrogen and oxygen atoms in total. The molecule has 1 aromatic rings. The molecule has 1 N–H and O–H groups in total. The van der Waals surface area contributed by atoms with Gasteiger partial charge >= 0.3 is 0 Å². The van der Waals surface area contributed by atoms with Crippen LogP contribution in [0.1, 0.15) is 84.6 Å². The van der Waals surface area contributed by atoms with Crippen LogP contribution in [0.5, 0.6) is 0 Å². The molecule has 1 heterocycles. The van der Waals surface area contributed by atoms with Crippen LogP contribution in [0.4, 0.5) is 0 Å². The normalized spacial score (nSPS) is 21.4. The molecule has 1 atom stereocenters. The van der Waals surface area contributed by atoms with Crippen molar-refractivity contribution in [2.45, 2.75) is 96.9 Å². The van der Waals surface area contributed by atoms with Gasteiger partial charge in [0.25, 0.3) is 0 Å². The zero-order valence-electron chi connectivity index (χ0n) is 17.0. The number of sulfonamides is 1. The highest BCUT2D eigenvalue weighted by molar-refractivity contribution is 7.89. The predicted molar refractivity (Wildman–Crippen MR) is 125 cm³/mol. The number of nitrogens with one attached hydrogen (secondary N) is 1. The van der Waals surface area contributed by atoms with Gasteiger partial charge in [0.05, 0.1) is 4.90 Å². The fourth-order valence-electron chi connectivity index (χ4n) is 4.42. The minimum atomic E-state index is -3.53. The van der Waals surface area contributed by atoms with E-state index in [1.165, 1.54) is 19.3 Å². The fourth-order valence-corrected chi connectivity index (χ4v) is 6.11. The molecule has 1 unspecified atom stereocenters. The van der Waals surface area contributed by atoms with Crippen molar-refractivity contribution in [3.8, 4) is 0 Å². The van der Waals surface area contributed by atoms with Gasteiger partial charge in [-0.25, -0.2) is 8.42 Å². The number of benzene rings is 1. The number of hydrogen-bond acceptors (Lipinski definition) is 3. The van der Waals surface area contributed by atoms with Crippen molar-refractivity contribution in [1.82, 2.24) is 9.62 Å². The summed E-state index contributed by atoms with van der Waals surface area (Å²) in [6, 6.07) is 6.88. The van der Waals surface area contributed by atoms with E-state index in [1.54, 1.807) is 16.4 Å². The Hall–Kier alpha value is -1.40. The number of hydrogen-bond donors (Lipinski definition) is 1. The average Bonchev–Trinajstić information content (AvgIpc) is 2.66. The number of carbonyl (C=O) groups excluding carboxylic acids is 1. The van der Waals surface area contributed by atoms with Crippen molar-refractivity contribution in [1.29, 1.82) is 0 Å². The van der Waals surface area contributed by atoms with Crippen LogP contribution in [0.25, 0.3) is 0 Å². The molecule has 172 valence electrons. The van der Waals surface area contributed by atoms with E-state index >= 15 is 0 Å². The molecule has 1 aromatic carbocycles. The molecule has 0 spiro atoms. The van der Waals surface area contributed by atoms with Crippen molar-refractivity contribution in [2.75, 3.05) is 13.1 Å². The second kappa shape index (κ2) is 12.5. The molecule has 30 heavy (non-hydrogen) atoms. The zero-order valence-corrected chi connectivity index (χ0v) is 17.8. The Kier molecular flexibility index (Phi) is 11.1. The Labute approximate surface area is 184 Å². The molecule has 2 aliphatic rings. The summed E-state index contributed by atoms with van der Waals surface area (Å²) in [4.78, 5) is 13.0. The van der Waals surface area contributed by atoms with E-state index < -0.39 is 10.0 Å². The van der Waals surface area contributed by atoms with Crippen molar-refractivity contribution >= 4 is 15.9 Å². The van der Waals surface area contributed by atoms with Crippen molar-refractivity contribution in [2.24, 2.45) is 5.92 Å². The van der Waals surface area contributed by atoms with Crippen LogP contribution in [-0.2, 0) is 14.8 Å². The Morgan fingerprint density at radius 1 is 0.933 bits per heavy atom. The summed E-state index contributed by atoms with van der Waals surface area (Å²) in [6.45, 7) is 2.89. The first-order valence-electron chi connectivity index (χ1n) is 10.8. The lowest BCUT2D eigenvalue weighted by Crippen LogP contribution is -2.50. The average molecular weight is 439 g/mol. The quantitative estimate of drug-likeness (QED) is 0.679. The second-order valence-electron chi connectivity index (χ2n) is 8.37. The van der Waals surface area contributed by atoms with Crippen LogP contribution in [0.2, 0.25) is 0 Å². The lowest BCUT2D eigenvalue weighted by Gasteiger charge is -2.35. The summed E-state index contributed by atoms with van der Waals surface area (Å²) in [5.74, 6) is 0.200. The van der Waals surface area contributed by atoms with E-state index in [4.69, 9.17) is 0 Å². The molecule has 0 bridgehead atoms. The van der Waals surface area contributed by atoms with Crippen LogP contribution in [0.3, 0.4) is 0 Å². The molecule has 1 saturated carbocycles. The molecule has 3 rings (SSSR count). The summed E-state index contributed by atoms with van der Waals surface area (Å²) in [7, 11) is -3.53. The van der Waals surface area contributed by atoms with Gasteiger partial charge in [-0.3, -0.25) is 4.79 Å². The van der Waals surface area contributed by atoms with Gasteiger partial charge in [0.1, 0.15) is 0 Å². The number of aryl methyl sites for hydroxylation is 1. The first-order chi connectivity index (χ1) is 13.5. The maximum atomic E-state index is 13.2. The second-order valence-corrected chi connectivity index (χ2v) is 10.3. The molecular formula is C24H42N2O3S. The third kappa shape index (κ3) is 6.81. The zero-order chi connectivity index (χ0) is 20.0. The van der Waals surface area contributed by atoms with Crippen LogP contribution >= 0.6 is 0 Å². The van der Waals surface area contributed by atoms with Gasteiger partial charge in [-0.15, -0.1) is 0 Å². The molecule has 1 amide bonds. The third-order valence-corrected chi connectivity index (χ3v) is 8.15. The fraction of sp³-hybridized carbons (Fsp3) is 0.708. The van der Waals surface area contributed by atoms with Crippen molar-refractivity contribution in [3.05, 3.63) is 29.8 Å². The van der Waals surface area contributed by atoms with Crippen LogP contribution in [0.15, 0.2) is 29.2 Å². The Bertz CT molecular complexity index is 738. The van der Waals surface area contributed by atoms with Gasteiger partial charge in [-0.2, -0.15) is 4.31 Å². The van der Waals surface area contributed by atoms with Crippen molar-refractivity contribution in [3.63, 3.8) is 0 Å². The number of amides is 1. The van der Waals surface area contributed by atoms with Gasteiger partial charge < -0.3 is 5.32 Å².